The van der Waals surface area contributed by atoms with Gasteiger partial charge in [0.2, 0.25) is 0 Å². The lowest BCUT2D eigenvalue weighted by molar-refractivity contribution is -0.138. The van der Waals surface area contributed by atoms with Gasteiger partial charge in [0, 0.05) is 49.3 Å². The monoisotopic (exact) mass is 537 g/mol. The molecule has 0 bridgehead atoms. The Hall–Kier alpha value is -3.24. The minimum atomic E-state index is -4.55. The van der Waals surface area contributed by atoms with E-state index in [0.29, 0.717) is 42.7 Å². The molecule has 1 aliphatic carbocycles. The van der Waals surface area contributed by atoms with E-state index in [1.165, 1.54) is 17.4 Å². The standard InChI is InChI=1S/C29H30F3N5O2/c1-17(36-11-19-6-20(19)12-36)18-7-23-24(25(8-18)29(30,31)32)13-37(27(23)38)22-5-3-4-21(9-22)28(14-39-15-28)10-26-34-33-16-35(26)2/h3-5,7-9,16-17,19-20H,6,10-15H2,1-2H3/t17-,19?,20?/m1/s1. The Labute approximate surface area is 224 Å². The summed E-state index contributed by atoms with van der Waals surface area (Å²) in [5.74, 6) is 1.77. The minimum absolute atomic E-state index is 0.0545. The first-order valence-corrected chi connectivity index (χ1v) is 13.4. The molecule has 0 N–H and O–H groups in total. The van der Waals surface area contributed by atoms with Gasteiger partial charge in [-0.05, 0) is 66.1 Å². The third kappa shape index (κ3) is 4.07. The van der Waals surface area contributed by atoms with E-state index >= 15 is 0 Å². The van der Waals surface area contributed by atoms with Crippen LogP contribution in [-0.4, -0.2) is 51.9 Å². The molecule has 3 aliphatic heterocycles. The number of aromatic nitrogens is 3. The van der Waals surface area contributed by atoms with Crippen molar-refractivity contribution in [1.29, 1.82) is 0 Å². The van der Waals surface area contributed by atoms with Crippen molar-refractivity contribution in [1.82, 2.24) is 19.7 Å². The quantitative estimate of drug-likeness (QED) is 0.463. The van der Waals surface area contributed by atoms with Gasteiger partial charge in [0.1, 0.15) is 12.2 Å². The number of hydrogen-bond acceptors (Lipinski definition) is 5. The molecule has 3 atom stereocenters. The molecule has 4 aliphatic rings. The number of anilines is 1. The van der Waals surface area contributed by atoms with Crippen LogP contribution in [0.3, 0.4) is 0 Å². The van der Waals surface area contributed by atoms with Gasteiger partial charge in [-0.1, -0.05) is 12.1 Å². The third-order valence-electron chi connectivity index (χ3n) is 9.24. The van der Waals surface area contributed by atoms with Crippen LogP contribution in [0, 0.1) is 11.8 Å². The molecule has 0 spiro atoms. The summed E-state index contributed by atoms with van der Waals surface area (Å²) >= 11 is 0. The van der Waals surface area contributed by atoms with Gasteiger partial charge in [0.15, 0.2) is 0 Å². The van der Waals surface area contributed by atoms with Crippen molar-refractivity contribution in [3.63, 3.8) is 0 Å². The highest BCUT2D eigenvalue weighted by molar-refractivity contribution is 6.10. The fraction of sp³-hybridized carbons (Fsp3) is 0.483. The predicted octanol–water partition coefficient (Wildman–Crippen LogP) is 4.52. The number of alkyl halides is 3. The van der Waals surface area contributed by atoms with Crippen molar-refractivity contribution >= 4 is 11.6 Å². The van der Waals surface area contributed by atoms with Crippen molar-refractivity contribution in [3.05, 3.63) is 76.4 Å². The maximum Gasteiger partial charge on any atom is 0.416 e. The molecule has 1 amide bonds. The lowest BCUT2D eigenvalue weighted by Crippen LogP contribution is -2.49. The van der Waals surface area contributed by atoms with E-state index in [4.69, 9.17) is 4.74 Å². The van der Waals surface area contributed by atoms with Crippen molar-refractivity contribution in [2.45, 2.75) is 43.9 Å². The molecule has 3 aromatic rings. The number of halogens is 3. The molecule has 2 aromatic carbocycles. The van der Waals surface area contributed by atoms with Crippen LogP contribution in [0.25, 0.3) is 0 Å². The minimum Gasteiger partial charge on any atom is -0.379 e. The van der Waals surface area contributed by atoms with Crippen molar-refractivity contribution < 1.29 is 22.7 Å². The molecule has 39 heavy (non-hydrogen) atoms. The molecule has 10 heteroatoms. The van der Waals surface area contributed by atoms with E-state index in [0.717, 1.165) is 24.5 Å². The summed E-state index contributed by atoms with van der Waals surface area (Å²) in [5, 5.41) is 8.19. The highest BCUT2D eigenvalue weighted by atomic mass is 19.4. The first-order chi connectivity index (χ1) is 18.6. The SMILES string of the molecule is C[C@H](c1cc2c(c(C(F)(F)F)c1)CN(c1cccc(C3(Cc4nncn4C)COC3)c1)C2=O)N1CC2CC2C1. The number of likely N-dealkylation sites (tertiary alicyclic amines) is 1. The summed E-state index contributed by atoms with van der Waals surface area (Å²) in [6, 6.07) is 10.3. The summed E-state index contributed by atoms with van der Waals surface area (Å²) in [4.78, 5) is 17.4. The van der Waals surface area contributed by atoms with Gasteiger partial charge in [-0.15, -0.1) is 10.2 Å². The zero-order chi connectivity index (χ0) is 27.1. The van der Waals surface area contributed by atoms with Gasteiger partial charge in [-0.3, -0.25) is 9.69 Å². The molecule has 7 nitrogen and oxygen atoms in total. The van der Waals surface area contributed by atoms with Crippen LogP contribution in [0.1, 0.15) is 57.8 Å². The van der Waals surface area contributed by atoms with E-state index in [2.05, 4.69) is 15.1 Å². The van der Waals surface area contributed by atoms with Crippen LogP contribution in [-0.2, 0) is 36.3 Å². The summed E-state index contributed by atoms with van der Waals surface area (Å²) < 4.78 is 50.4. The summed E-state index contributed by atoms with van der Waals surface area (Å²) in [6.07, 6.45) is -1.06. The normalized spacial score (nSPS) is 24.4. The number of nitrogens with zero attached hydrogens (tertiary/aromatic N) is 5. The molecule has 1 aromatic heterocycles. The predicted molar refractivity (Wildman–Crippen MR) is 137 cm³/mol. The Morgan fingerprint density at radius 3 is 2.56 bits per heavy atom. The number of hydrogen-bond donors (Lipinski definition) is 0. The number of carbonyl (C=O) groups is 1. The zero-order valence-corrected chi connectivity index (χ0v) is 21.9. The fourth-order valence-electron chi connectivity index (χ4n) is 6.59. The van der Waals surface area contributed by atoms with Crippen LogP contribution in [0.15, 0.2) is 42.7 Å². The van der Waals surface area contributed by atoms with Gasteiger partial charge in [-0.2, -0.15) is 13.2 Å². The van der Waals surface area contributed by atoms with Gasteiger partial charge in [-0.25, -0.2) is 0 Å². The van der Waals surface area contributed by atoms with E-state index in [-0.39, 0.29) is 29.1 Å². The second kappa shape index (κ2) is 8.63. The fourth-order valence-corrected chi connectivity index (χ4v) is 6.59. The van der Waals surface area contributed by atoms with Crippen molar-refractivity contribution in [3.8, 4) is 0 Å². The maximum absolute atomic E-state index is 14.3. The van der Waals surface area contributed by atoms with E-state index < -0.39 is 17.6 Å². The topological polar surface area (TPSA) is 63.5 Å². The van der Waals surface area contributed by atoms with Crippen LogP contribution in [0.2, 0.25) is 0 Å². The van der Waals surface area contributed by atoms with Gasteiger partial charge < -0.3 is 14.2 Å². The number of carbonyl (C=O) groups excluding carboxylic acids is 1. The van der Waals surface area contributed by atoms with E-state index in [1.807, 2.05) is 36.7 Å². The van der Waals surface area contributed by atoms with Crippen LogP contribution in [0.4, 0.5) is 18.9 Å². The van der Waals surface area contributed by atoms with E-state index in [9.17, 15) is 18.0 Å². The summed E-state index contributed by atoms with van der Waals surface area (Å²) in [5.41, 5.74) is 1.28. The van der Waals surface area contributed by atoms with Gasteiger partial charge in [0.05, 0.1) is 25.3 Å². The largest absolute Gasteiger partial charge is 0.416 e. The molecule has 3 fully saturated rings. The second-order valence-electron chi connectivity index (χ2n) is 11.7. The Morgan fingerprint density at radius 2 is 1.92 bits per heavy atom. The number of rotatable bonds is 6. The van der Waals surface area contributed by atoms with Crippen molar-refractivity contribution in [2.24, 2.45) is 18.9 Å². The van der Waals surface area contributed by atoms with Crippen LogP contribution < -0.4 is 4.90 Å². The Balaban J connectivity index is 1.21. The summed E-state index contributed by atoms with van der Waals surface area (Å²) in [6.45, 7) is 4.66. The highest BCUT2D eigenvalue weighted by Crippen LogP contribution is 2.48. The molecule has 2 saturated heterocycles. The number of benzene rings is 2. The zero-order valence-electron chi connectivity index (χ0n) is 21.9. The third-order valence-corrected chi connectivity index (χ3v) is 9.24. The Bertz CT molecular complexity index is 1450. The van der Waals surface area contributed by atoms with Crippen LogP contribution >= 0.6 is 0 Å². The molecular formula is C29H30F3N5O2. The number of aryl methyl sites for hydroxylation is 1. The first kappa shape index (κ1) is 24.8. The average molecular weight is 538 g/mol. The number of ether oxygens (including phenoxy) is 1. The number of amides is 1. The van der Waals surface area contributed by atoms with Crippen molar-refractivity contribution in [2.75, 3.05) is 31.2 Å². The van der Waals surface area contributed by atoms with Gasteiger partial charge in [0.25, 0.3) is 5.91 Å². The molecular weight excluding hydrogens is 507 g/mol. The smallest absolute Gasteiger partial charge is 0.379 e. The van der Waals surface area contributed by atoms with Gasteiger partial charge >= 0.3 is 6.18 Å². The Kier molecular flexibility index (Phi) is 5.48. The number of piperidine rings is 1. The molecule has 1 saturated carbocycles. The first-order valence-electron chi connectivity index (χ1n) is 13.4. The number of fused-ring (bicyclic) bond motifs is 2. The lowest BCUT2D eigenvalue weighted by Gasteiger charge is -2.42. The van der Waals surface area contributed by atoms with E-state index in [1.54, 1.807) is 18.5 Å². The molecule has 0 radical (unpaired) electrons. The summed E-state index contributed by atoms with van der Waals surface area (Å²) in [7, 11) is 1.89. The lowest BCUT2D eigenvalue weighted by atomic mass is 9.75. The Morgan fingerprint density at radius 1 is 1.15 bits per heavy atom. The second-order valence-corrected chi connectivity index (χ2v) is 11.7. The maximum atomic E-state index is 14.3. The molecule has 204 valence electrons. The average Bonchev–Trinajstić information content (AvgIpc) is 3.16. The molecule has 7 rings (SSSR count). The highest BCUT2D eigenvalue weighted by Gasteiger charge is 2.47. The molecule has 2 unspecified atom stereocenters. The van der Waals surface area contributed by atoms with Crippen LogP contribution in [0.5, 0.6) is 0 Å². The molecule has 4 heterocycles.